The molecule has 0 aromatic carbocycles. The Bertz CT molecular complexity index is 99.9. The van der Waals surface area contributed by atoms with Crippen LogP contribution in [0.25, 0.3) is 0 Å². The zero-order valence-corrected chi connectivity index (χ0v) is 4.74. The molecule has 5 nitrogen and oxygen atoms in total. The summed E-state index contributed by atoms with van der Waals surface area (Å²) in [6, 6.07) is -0.826. The predicted octanol–water partition coefficient (Wildman–Crippen LogP) is -0.791. The molecule has 0 saturated heterocycles. The van der Waals surface area contributed by atoms with Gasteiger partial charge in [0.2, 0.25) is 0 Å². The molecule has 0 unspecified atom stereocenters. The fourth-order valence-electron chi connectivity index (χ4n) is 0.115. The van der Waals surface area contributed by atoms with Gasteiger partial charge in [-0.2, -0.15) is 0 Å². The molecule has 0 aliphatic heterocycles. The van der Waals surface area contributed by atoms with Crippen molar-refractivity contribution in [1.29, 1.82) is 0 Å². The summed E-state index contributed by atoms with van der Waals surface area (Å²) < 4.78 is 0. The zero-order valence-electron chi connectivity index (χ0n) is 3.84. The van der Waals surface area contributed by atoms with Crippen molar-refractivity contribution in [2.24, 2.45) is 5.73 Å². The van der Waals surface area contributed by atoms with Crippen LogP contribution in [0.4, 0.5) is 9.59 Å². The SMILES string of the molecule is NC(=O)NNC(=O)S. The second-order valence-corrected chi connectivity index (χ2v) is 1.33. The topological polar surface area (TPSA) is 84.2 Å². The lowest BCUT2D eigenvalue weighted by atomic mass is 11.1. The highest BCUT2D eigenvalue weighted by Crippen LogP contribution is 1.68. The third kappa shape index (κ3) is 5.09. The van der Waals surface area contributed by atoms with E-state index in [2.05, 4.69) is 18.4 Å². The van der Waals surface area contributed by atoms with E-state index >= 15 is 0 Å². The number of hydrogen-bond donors (Lipinski definition) is 4. The monoisotopic (exact) mass is 135 g/mol. The van der Waals surface area contributed by atoms with E-state index in [1.165, 1.54) is 0 Å². The van der Waals surface area contributed by atoms with E-state index in [0.717, 1.165) is 0 Å². The first-order valence-electron chi connectivity index (χ1n) is 1.67. The molecule has 3 amide bonds. The van der Waals surface area contributed by atoms with Gasteiger partial charge in [0, 0.05) is 0 Å². The Morgan fingerprint density at radius 3 is 2.00 bits per heavy atom. The maximum Gasteiger partial charge on any atom is 0.330 e. The summed E-state index contributed by atoms with van der Waals surface area (Å²) in [7, 11) is 0. The van der Waals surface area contributed by atoms with Gasteiger partial charge in [0.05, 0.1) is 0 Å². The Hall–Kier alpha value is -0.910. The molecule has 0 bridgehead atoms. The lowest BCUT2D eigenvalue weighted by molar-refractivity contribution is 0.239. The molecule has 0 saturated carbocycles. The first-order valence-corrected chi connectivity index (χ1v) is 2.12. The van der Waals surface area contributed by atoms with Gasteiger partial charge < -0.3 is 5.73 Å². The lowest BCUT2D eigenvalue weighted by Crippen LogP contribution is -2.42. The molecule has 0 rings (SSSR count). The Morgan fingerprint density at radius 1 is 1.38 bits per heavy atom. The minimum atomic E-state index is -0.826. The van der Waals surface area contributed by atoms with Crippen molar-refractivity contribution in [3.05, 3.63) is 0 Å². The third-order valence-corrected chi connectivity index (χ3v) is 0.404. The molecule has 46 valence electrons. The summed E-state index contributed by atoms with van der Waals surface area (Å²) >= 11 is 3.25. The van der Waals surface area contributed by atoms with Gasteiger partial charge in [-0.25, -0.2) is 10.2 Å². The van der Waals surface area contributed by atoms with Crippen LogP contribution in [0, 0.1) is 0 Å². The first kappa shape index (κ1) is 7.09. The number of hydrazine groups is 1. The van der Waals surface area contributed by atoms with Gasteiger partial charge in [0.25, 0.3) is 5.24 Å². The van der Waals surface area contributed by atoms with Gasteiger partial charge in [-0.05, 0) is 0 Å². The summed E-state index contributed by atoms with van der Waals surface area (Å²) in [5.74, 6) is 0. The van der Waals surface area contributed by atoms with E-state index in [1.54, 1.807) is 0 Å². The van der Waals surface area contributed by atoms with Crippen LogP contribution >= 0.6 is 12.6 Å². The van der Waals surface area contributed by atoms with Crippen LogP contribution in [0.15, 0.2) is 0 Å². The van der Waals surface area contributed by atoms with Crippen molar-refractivity contribution in [2.75, 3.05) is 0 Å². The molecule has 0 spiro atoms. The van der Waals surface area contributed by atoms with E-state index in [9.17, 15) is 9.59 Å². The Balaban J connectivity index is 3.18. The summed E-state index contributed by atoms with van der Waals surface area (Å²) in [5, 5.41) is -0.663. The Morgan fingerprint density at radius 2 is 1.88 bits per heavy atom. The highest BCUT2D eigenvalue weighted by molar-refractivity contribution is 7.96. The molecule has 0 aliphatic rings. The number of amides is 3. The van der Waals surface area contributed by atoms with Gasteiger partial charge in [0.15, 0.2) is 0 Å². The van der Waals surface area contributed by atoms with Crippen molar-refractivity contribution < 1.29 is 9.59 Å². The second-order valence-electron chi connectivity index (χ2n) is 0.919. The average Bonchev–Trinajstić information content (AvgIpc) is 1.61. The van der Waals surface area contributed by atoms with Crippen LogP contribution < -0.4 is 16.6 Å². The zero-order chi connectivity index (χ0) is 6.57. The normalized spacial score (nSPS) is 7.62. The quantitative estimate of drug-likeness (QED) is 0.259. The van der Waals surface area contributed by atoms with Crippen molar-refractivity contribution in [3.63, 3.8) is 0 Å². The van der Waals surface area contributed by atoms with Crippen LogP contribution in [-0.4, -0.2) is 11.3 Å². The highest BCUT2D eigenvalue weighted by Gasteiger charge is 1.90. The molecule has 0 heterocycles. The molecule has 0 aromatic rings. The van der Waals surface area contributed by atoms with Gasteiger partial charge in [-0.1, -0.05) is 12.6 Å². The average molecular weight is 135 g/mol. The van der Waals surface area contributed by atoms with E-state index in [0.29, 0.717) is 0 Å². The standard InChI is InChI=1S/C2H5N3O2S/c3-1(6)4-5-2(7)8/h(H3,3,4,6)(H2,5,7,8). The second kappa shape index (κ2) is 3.14. The van der Waals surface area contributed by atoms with Crippen LogP contribution in [0.2, 0.25) is 0 Å². The highest BCUT2D eigenvalue weighted by atomic mass is 32.1. The summed E-state index contributed by atoms with van der Waals surface area (Å²) in [5.41, 5.74) is 8.20. The molecule has 8 heavy (non-hydrogen) atoms. The van der Waals surface area contributed by atoms with Gasteiger partial charge in [-0.3, -0.25) is 10.2 Å². The number of thiol groups is 1. The minimum Gasteiger partial charge on any atom is -0.350 e. The molecule has 6 heteroatoms. The van der Waals surface area contributed by atoms with Crippen LogP contribution in [0.1, 0.15) is 0 Å². The van der Waals surface area contributed by atoms with Crippen molar-refractivity contribution >= 4 is 23.9 Å². The number of carbonyl (C=O) groups excluding carboxylic acids is 2. The van der Waals surface area contributed by atoms with Gasteiger partial charge in [-0.15, -0.1) is 0 Å². The number of nitrogens with one attached hydrogen (secondary N) is 2. The number of hydrogen-bond acceptors (Lipinski definition) is 2. The molecule has 0 atom stereocenters. The fraction of sp³-hybridized carbons (Fsp3) is 0. The van der Waals surface area contributed by atoms with E-state index in [4.69, 9.17) is 0 Å². The maximum atomic E-state index is 9.83. The fourth-order valence-corrected chi connectivity index (χ4v) is 0.171. The maximum absolute atomic E-state index is 9.83. The molecule has 0 aromatic heterocycles. The third-order valence-electron chi connectivity index (χ3n) is 0.293. The smallest absolute Gasteiger partial charge is 0.330 e. The molecular weight excluding hydrogens is 130 g/mol. The first-order chi connectivity index (χ1) is 3.63. The molecule has 0 radical (unpaired) electrons. The summed E-state index contributed by atoms with van der Waals surface area (Å²) in [6.45, 7) is 0. The number of primary amides is 1. The number of nitrogens with two attached hydrogens (primary N) is 1. The van der Waals surface area contributed by atoms with Crippen molar-refractivity contribution in [1.82, 2.24) is 10.9 Å². The van der Waals surface area contributed by atoms with Gasteiger partial charge in [0.1, 0.15) is 0 Å². The minimum absolute atomic E-state index is 0.663. The van der Waals surface area contributed by atoms with E-state index in [1.807, 2.05) is 10.9 Å². The number of rotatable bonds is 0. The predicted molar refractivity (Wildman–Crippen MR) is 30.2 cm³/mol. The van der Waals surface area contributed by atoms with E-state index < -0.39 is 11.3 Å². The van der Waals surface area contributed by atoms with Crippen molar-refractivity contribution in [3.8, 4) is 0 Å². The van der Waals surface area contributed by atoms with E-state index in [-0.39, 0.29) is 0 Å². The molecule has 0 aliphatic carbocycles. The lowest BCUT2D eigenvalue weighted by Gasteiger charge is -1.96. The van der Waals surface area contributed by atoms with Crippen LogP contribution in [-0.2, 0) is 0 Å². The summed E-state index contributed by atoms with van der Waals surface area (Å²) in [4.78, 5) is 19.6. The van der Waals surface area contributed by atoms with Crippen molar-refractivity contribution in [2.45, 2.75) is 0 Å². The Labute approximate surface area is 51.0 Å². The Kier molecular flexibility index (Phi) is 2.78. The number of urea groups is 1. The molecular formula is C2H5N3O2S. The van der Waals surface area contributed by atoms with Gasteiger partial charge >= 0.3 is 6.03 Å². The summed E-state index contributed by atoms with van der Waals surface area (Å²) in [6.07, 6.45) is 0. The molecule has 4 N–H and O–H groups in total. The van der Waals surface area contributed by atoms with Crippen LogP contribution in [0.3, 0.4) is 0 Å². The number of carbonyl (C=O) groups is 2. The molecule has 0 fully saturated rings. The van der Waals surface area contributed by atoms with Crippen LogP contribution in [0.5, 0.6) is 0 Å². The largest absolute Gasteiger partial charge is 0.350 e.